The van der Waals surface area contributed by atoms with Crippen LogP contribution in [0.2, 0.25) is 0 Å². The lowest BCUT2D eigenvalue weighted by Gasteiger charge is -2.27. The molecule has 1 fully saturated rings. The number of pyridine rings is 1. The van der Waals surface area contributed by atoms with E-state index in [2.05, 4.69) is 41.8 Å². The zero-order chi connectivity index (χ0) is 20.5. The molecule has 8 heteroatoms. The second-order valence-electron chi connectivity index (χ2n) is 6.95. The van der Waals surface area contributed by atoms with Gasteiger partial charge in [0.1, 0.15) is 5.82 Å². The van der Waals surface area contributed by atoms with Gasteiger partial charge in [0.25, 0.3) is 5.91 Å². The van der Waals surface area contributed by atoms with Gasteiger partial charge in [-0.3, -0.25) is 4.79 Å². The van der Waals surface area contributed by atoms with E-state index < -0.39 is 0 Å². The molecule has 2 heterocycles. The van der Waals surface area contributed by atoms with E-state index in [9.17, 15) is 9.59 Å². The van der Waals surface area contributed by atoms with Crippen LogP contribution in [0.1, 0.15) is 35.2 Å². The maximum Gasteiger partial charge on any atom is 0.315 e. The Hall–Kier alpha value is -2.61. The molecule has 1 saturated heterocycles. The minimum Gasteiger partial charge on any atom is -0.357 e. The maximum absolute atomic E-state index is 12.0. The summed E-state index contributed by atoms with van der Waals surface area (Å²) in [6.45, 7) is 3.21. The number of nitrogens with zero attached hydrogens (tertiary/aromatic N) is 2. The van der Waals surface area contributed by atoms with Crippen LogP contribution in [0, 0.1) is 0 Å². The number of nitrogens with one attached hydrogen (secondary N) is 3. The minimum absolute atomic E-state index is 0.171. The second kappa shape index (κ2) is 10.8. The molecule has 3 N–H and O–H groups in total. The predicted octanol–water partition coefficient (Wildman–Crippen LogP) is 3.06. The fraction of sp³-hybridized carbons (Fsp3) is 0.381. The Labute approximate surface area is 179 Å². The number of benzene rings is 1. The number of halogens is 1. The van der Waals surface area contributed by atoms with Gasteiger partial charge < -0.3 is 20.9 Å². The van der Waals surface area contributed by atoms with Crippen LogP contribution in [-0.4, -0.2) is 43.1 Å². The van der Waals surface area contributed by atoms with Gasteiger partial charge in [-0.25, -0.2) is 9.78 Å². The van der Waals surface area contributed by atoms with Crippen molar-refractivity contribution in [2.24, 2.45) is 0 Å². The molecular formula is C21H26BrN5O2. The van der Waals surface area contributed by atoms with E-state index in [0.717, 1.165) is 28.9 Å². The molecule has 0 unspecified atom stereocenters. The van der Waals surface area contributed by atoms with Gasteiger partial charge in [0.05, 0.1) is 0 Å². The molecule has 2 aromatic rings. The molecule has 1 aliphatic heterocycles. The number of carbonyl (C=O) groups is 2. The highest BCUT2D eigenvalue weighted by atomic mass is 79.9. The third kappa shape index (κ3) is 6.74. The van der Waals surface area contributed by atoms with E-state index >= 15 is 0 Å². The van der Waals surface area contributed by atoms with Crippen molar-refractivity contribution in [3.8, 4) is 0 Å². The summed E-state index contributed by atoms with van der Waals surface area (Å²) in [5.41, 5.74) is 1.59. The first-order valence-electron chi connectivity index (χ1n) is 9.87. The number of anilines is 1. The quantitative estimate of drug-likeness (QED) is 0.555. The third-order valence-electron chi connectivity index (χ3n) is 4.73. The van der Waals surface area contributed by atoms with Crippen molar-refractivity contribution in [2.75, 3.05) is 31.1 Å². The van der Waals surface area contributed by atoms with Crippen LogP contribution in [-0.2, 0) is 6.54 Å². The van der Waals surface area contributed by atoms with Crippen molar-refractivity contribution in [3.63, 3.8) is 0 Å². The Morgan fingerprint density at radius 1 is 1.00 bits per heavy atom. The first kappa shape index (κ1) is 21.1. The largest absolute Gasteiger partial charge is 0.357 e. The minimum atomic E-state index is -0.266. The Morgan fingerprint density at radius 3 is 2.59 bits per heavy atom. The van der Waals surface area contributed by atoms with Crippen LogP contribution in [0.4, 0.5) is 10.6 Å². The number of hydrogen-bond acceptors (Lipinski definition) is 4. The molecule has 0 spiro atoms. The summed E-state index contributed by atoms with van der Waals surface area (Å²) in [5, 5.41) is 8.37. The van der Waals surface area contributed by atoms with Gasteiger partial charge in [-0.05, 0) is 55.2 Å². The molecule has 1 aliphatic rings. The van der Waals surface area contributed by atoms with Gasteiger partial charge >= 0.3 is 6.03 Å². The molecule has 0 aliphatic carbocycles. The number of aromatic nitrogens is 1. The highest BCUT2D eigenvalue weighted by molar-refractivity contribution is 9.10. The van der Waals surface area contributed by atoms with Crippen LogP contribution < -0.4 is 20.9 Å². The normalized spacial score (nSPS) is 13.6. The standard InChI is InChI=1S/C21H26BrN5O2/c22-18-6-4-5-17(14-18)20(28)24-9-10-25-21(29)26-15-16-7-8-23-19(13-16)27-11-2-1-3-12-27/h4-8,13-14H,1-3,9-12,15H2,(H,24,28)(H2,25,26,29). The monoisotopic (exact) mass is 459 g/mol. The SMILES string of the molecule is O=C(NCCNC(=O)c1cccc(Br)c1)NCc1ccnc(N2CCCCC2)c1. The predicted molar refractivity (Wildman–Crippen MR) is 117 cm³/mol. The zero-order valence-corrected chi connectivity index (χ0v) is 17.9. The summed E-state index contributed by atoms with van der Waals surface area (Å²) in [7, 11) is 0. The fourth-order valence-electron chi connectivity index (χ4n) is 3.20. The molecule has 0 radical (unpaired) electrons. The molecule has 1 aromatic heterocycles. The molecular weight excluding hydrogens is 434 g/mol. The van der Waals surface area contributed by atoms with Crippen molar-refractivity contribution in [1.82, 2.24) is 20.9 Å². The molecule has 0 saturated carbocycles. The van der Waals surface area contributed by atoms with Crippen molar-refractivity contribution in [3.05, 3.63) is 58.2 Å². The average molecular weight is 460 g/mol. The zero-order valence-electron chi connectivity index (χ0n) is 16.3. The highest BCUT2D eigenvalue weighted by Gasteiger charge is 2.12. The Balaban J connectivity index is 1.36. The number of carbonyl (C=O) groups excluding carboxylic acids is 2. The smallest absolute Gasteiger partial charge is 0.315 e. The van der Waals surface area contributed by atoms with Crippen molar-refractivity contribution in [2.45, 2.75) is 25.8 Å². The van der Waals surface area contributed by atoms with E-state index in [-0.39, 0.29) is 11.9 Å². The molecule has 3 amide bonds. The van der Waals surface area contributed by atoms with Gasteiger partial charge in [0.2, 0.25) is 0 Å². The lowest BCUT2D eigenvalue weighted by atomic mass is 10.1. The third-order valence-corrected chi connectivity index (χ3v) is 5.22. The summed E-state index contributed by atoms with van der Waals surface area (Å²) < 4.78 is 0.849. The van der Waals surface area contributed by atoms with E-state index in [1.165, 1.54) is 19.3 Å². The van der Waals surface area contributed by atoms with Gasteiger partial charge in [-0.2, -0.15) is 0 Å². The molecule has 29 heavy (non-hydrogen) atoms. The van der Waals surface area contributed by atoms with Crippen molar-refractivity contribution >= 4 is 33.7 Å². The number of rotatable bonds is 7. The number of piperidine rings is 1. The molecule has 1 aromatic carbocycles. The Morgan fingerprint density at radius 2 is 1.79 bits per heavy atom. The summed E-state index contributed by atoms with van der Waals surface area (Å²) in [6.07, 6.45) is 5.47. The lowest BCUT2D eigenvalue weighted by Crippen LogP contribution is -2.40. The van der Waals surface area contributed by atoms with E-state index in [1.807, 2.05) is 18.2 Å². The average Bonchev–Trinajstić information content (AvgIpc) is 2.76. The second-order valence-corrected chi connectivity index (χ2v) is 7.86. The summed E-state index contributed by atoms with van der Waals surface area (Å²) in [4.78, 5) is 30.8. The lowest BCUT2D eigenvalue weighted by molar-refractivity contribution is 0.0953. The van der Waals surface area contributed by atoms with Crippen LogP contribution in [0.15, 0.2) is 47.1 Å². The van der Waals surface area contributed by atoms with Gasteiger partial charge in [0, 0.05) is 49.0 Å². The van der Waals surface area contributed by atoms with Crippen LogP contribution in [0.25, 0.3) is 0 Å². The first-order valence-corrected chi connectivity index (χ1v) is 10.7. The van der Waals surface area contributed by atoms with E-state index in [4.69, 9.17) is 0 Å². The molecule has 0 atom stereocenters. The molecule has 7 nitrogen and oxygen atoms in total. The summed E-state index contributed by atoms with van der Waals surface area (Å²) >= 11 is 3.34. The van der Waals surface area contributed by atoms with Crippen LogP contribution in [0.3, 0.4) is 0 Å². The van der Waals surface area contributed by atoms with Crippen molar-refractivity contribution in [1.29, 1.82) is 0 Å². The summed E-state index contributed by atoms with van der Waals surface area (Å²) in [6, 6.07) is 10.8. The number of amides is 3. The first-order chi connectivity index (χ1) is 14.1. The Bertz CT molecular complexity index is 839. The van der Waals surface area contributed by atoms with Crippen LogP contribution >= 0.6 is 15.9 Å². The number of hydrogen-bond donors (Lipinski definition) is 3. The van der Waals surface area contributed by atoms with E-state index in [1.54, 1.807) is 24.4 Å². The summed E-state index contributed by atoms with van der Waals surface area (Å²) in [5.74, 6) is 0.801. The topological polar surface area (TPSA) is 86.4 Å². The van der Waals surface area contributed by atoms with Crippen molar-refractivity contribution < 1.29 is 9.59 Å². The van der Waals surface area contributed by atoms with Gasteiger partial charge in [-0.15, -0.1) is 0 Å². The van der Waals surface area contributed by atoms with Gasteiger partial charge in [0.15, 0.2) is 0 Å². The molecule has 154 valence electrons. The molecule has 0 bridgehead atoms. The Kier molecular flexibility index (Phi) is 7.86. The van der Waals surface area contributed by atoms with Gasteiger partial charge in [-0.1, -0.05) is 22.0 Å². The maximum atomic E-state index is 12.0. The fourth-order valence-corrected chi connectivity index (χ4v) is 3.59. The molecule has 3 rings (SSSR count). The number of urea groups is 1. The highest BCUT2D eigenvalue weighted by Crippen LogP contribution is 2.18. The van der Waals surface area contributed by atoms with Crippen LogP contribution in [0.5, 0.6) is 0 Å². The van der Waals surface area contributed by atoms with E-state index in [0.29, 0.717) is 25.2 Å².